The lowest BCUT2D eigenvalue weighted by Gasteiger charge is -2.19. The zero-order valence-corrected chi connectivity index (χ0v) is 13.6. The summed E-state index contributed by atoms with van der Waals surface area (Å²) >= 11 is 0. The first-order valence-corrected chi connectivity index (χ1v) is 7.56. The van der Waals surface area contributed by atoms with Crippen molar-refractivity contribution in [2.24, 2.45) is 0 Å². The van der Waals surface area contributed by atoms with E-state index in [2.05, 4.69) is 27.6 Å². The zero-order valence-electron chi connectivity index (χ0n) is 13.6. The van der Waals surface area contributed by atoms with Gasteiger partial charge in [-0.05, 0) is 18.6 Å². The number of nitrogens with one attached hydrogen (secondary N) is 1. The Hall–Kier alpha value is -3.15. The molecule has 0 aliphatic carbocycles. The molecule has 6 heteroatoms. The maximum absolute atomic E-state index is 12.3. The Balaban J connectivity index is 1.72. The van der Waals surface area contributed by atoms with E-state index in [1.54, 1.807) is 25.3 Å². The molecule has 0 saturated heterocycles. The van der Waals surface area contributed by atoms with Gasteiger partial charge in [0.25, 0.3) is 5.91 Å². The third-order valence-electron chi connectivity index (χ3n) is 3.56. The molecule has 3 aromatic rings. The van der Waals surface area contributed by atoms with Crippen LogP contribution in [-0.2, 0) is 6.54 Å². The molecular weight excluding hydrogens is 304 g/mol. The fourth-order valence-corrected chi connectivity index (χ4v) is 2.32. The van der Waals surface area contributed by atoms with Crippen LogP contribution < -0.4 is 10.2 Å². The minimum Gasteiger partial charge on any atom is -0.369 e. The van der Waals surface area contributed by atoms with E-state index < -0.39 is 0 Å². The molecule has 2 aromatic heterocycles. The summed E-state index contributed by atoms with van der Waals surface area (Å²) in [6, 6.07) is 13.6. The Labute approximate surface area is 140 Å². The van der Waals surface area contributed by atoms with Gasteiger partial charge in [0.2, 0.25) is 0 Å². The zero-order chi connectivity index (χ0) is 16.9. The van der Waals surface area contributed by atoms with Gasteiger partial charge >= 0.3 is 0 Å². The molecule has 6 nitrogen and oxygen atoms in total. The molecule has 0 aliphatic rings. The minimum absolute atomic E-state index is 0.272. The molecule has 0 aliphatic heterocycles. The van der Waals surface area contributed by atoms with E-state index in [0.29, 0.717) is 17.1 Å². The van der Waals surface area contributed by atoms with Crippen molar-refractivity contribution in [1.29, 1.82) is 0 Å². The molecule has 0 radical (unpaired) electrons. The van der Waals surface area contributed by atoms with Crippen LogP contribution in [0.25, 0.3) is 0 Å². The van der Waals surface area contributed by atoms with Crippen molar-refractivity contribution < 1.29 is 9.32 Å². The number of rotatable bonds is 5. The predicted molar refractivity (Wildman–Crippen MR) is 92.0 cm³/mol. The van der Waals surface area contributed by atoms with Crippen LogP contribution in [0.2, 0.25) is 0 Å². The molecule has 0 saturated carbocycles. The number of nitrogens with zero attached hydrogens (tertiary/aromatic N) is 3. The molecule has 1 amide bonds. The van der Waals surface area contributed by atoms with Crippen molar-refractivity contribution in [3.8, 4) is 0 Å². The second-order valence-electron chi connectivity index (χ2n) is 5.55. The second kappa shape index (κ2) is 6.95. The van der Waals surface area contributed by atoms with Crippen LogP contribution in [-0.4, -0.2) is 23.1 Å². The van der Waals surface area contributed by atoms with E-state index in [0.717, 1.165) is 12.2 Å². The second-order valence-corrected chi connectivity index (χ2v) is 5.55. The highest BCUT2D eigenvalue weighted by Crippen LogP contribution is 2.17. The average molecular weight is 322 g/mol. The van der Waals surface area contributed by atoms with Gasteiger partial charge in [0.05, 0.1) is 17.4 Å². The van der Waals surface area contributed by atoms with Crippen molar-refractivity contribution in [2.45, 2.75) is 13.5 Å². The van der Waals surface area contributed by atoms with Crippen LogP contribution in [0.15, 0.2) is 59.4 Å². The number of benzene rings is 1. The minimum atomic E-state index is -0.272. The Morgan fingerprint density at radius 2 is 2.00 bits per heavy atom. The summed E-state index contributed by atoms with van der Waals surface area (Å²) < 4.78 is 4.94. The highest BCUT2D eigenvalue weighted by Gasteiger charge is 2.11. The van der Waals surface area contributed by atoms with Gasteiger partial charge in [0.1, 0.15) is 5.76 Å². The topological polar surface area (TPSA) is 71.3 Å². The monoisotopic (exact) mass is 322 g/mol. The number of aryl methyl sites for hydroxylation is 1. The van der Waals surface area contributed by atoms with Crippen molar-refractivity contribution in [1.82, 2.24) is 10.1 Å². The van der Waals surface area contributed by atoms with Crippen molar-refractivity contribution in [3.05, 3.63) is 71.7 Å². The fourth-order valence-electron chi connectivity index (χ4n) is 2.32. The molecule has 0 fully saturated rings. The van der Waals surface area contributed by atoms with Gasteiger partial charge in [-0.15, -0.1) is 0 Å². The maximum atomic E-state index is 12.3. The van der Waals surface area contributed by atoms with Gasteiger partial charge in [-0.2, -0.15) is 0 Å². The third-order valence-corrected chi connectivity index (χ3v) is 3.56. The van der Waals surface area contributed by atoms with E-state index in [1.807, 2.05) is 30.1 Å². The molecular formula is C18H18N4O2. The number of hydrogen-bond donors (Lipinski definition) is 1. The Morgan fingerprint density at radius 1 is 1.21 bits per heavy atom. The quantitative estimate of drug-likeness (QED) is 0.780. The first-order chi connectivity index (χ1) is 11.6. The Kier molecular flexibility index (Phi) is 4.56. The molecule has 1 aromatic carbocycles. The largest absolute Gasteiger partial charge is 0.369 e. The van der Waals surface area contributed by atoms with E-state index >= 15 is 0 Å². The predicted octanol–water partition coefficient (Wildman–Crippen LogP) is 3.27. The summed E-state index contributed by atoms with van der Waals surface area (Å²) in [7, 11) is 1.96. The number of carbonyl (C=O) groups excluding carboxylic acids is 1. The van der Waals surface area contributed by atoms with E-state index in [1.165, 1.54) is 11.8 Å². The molecule has 2 heterocycles. The first-order valence-electron chi connectivity index (χ1n) is 7.56. The van der Waals surface area contributed by atoms with E-state index in [4.69, 9.17) is 4.52 Å². The van der Waals surface area contributed by atoms with Crippen molar-refractivity contribution in [3.63, 3.8) is 0 Å². The molecule has 24 heavy (non-hydrogen) atoms. The summed E-state index contributed by atoms with van der Waals surface area (Å²) in [5, 5.41) is 6.45. The number of amides is 1. The van der Waals surface area contributed by atoms with Gasteiger partial charge in [0, 0.05) is 25.9 Å². The lowest BCUT2D eigenvalue weighted by Crippen LogP contribution is -2.18. The smallest absolute Gasteiger partial charge is 0.258 e. The number of anilines is 2. The van der Waals surface area contributed by atoms with Crippen LogP contribution in [0.3, 0.4) is 0 Å². The highest BCUT2D eigenvalue weighted by atomic mass is 16.5. The summed E-state index contributed by atoms with van der Waals surface area (Å²) in [6.45, 7) is 2.50. The number of aromatic nitrogens is 2. The lowest BCUT2D eigenvalue weighted by atomic mass is 10.2. The Bertz CT molecular complexity index is 830. The fraction of sp³-hybridized carbons (Fsp3) is 0.167. The molecule has 3 rings (SSSR count). The van der Waals surface area contributed by atoms with Gasteiger partial charge < -0.3 is 14.7 Å². The SMILES string of the molecule is Cc1cc(NC(=O)c2cncc(N(C)Cc3ccccc3)c2)no1. The van der Waals surface area contributed by atoms with Gasteiger partial charge in [-0.1, -0.05) is 35.5 Å². The summed E-state index contributed by atoms with van der Waals surface area (Å²) in [6.07, 6.45) is 3.27. The van der Waals surface area contributed by atoms with Crippen molar-refractivity contribution in [2.75, 3.05) is 17.3 Å². The van der Waals surface area contributed by atoms with Crippen LogP contribution in [0, 0.1) is 6.92 Å². The third kappa shape index (κ3) is 3.78. The maximum Gasteiger partial charge on any atom is 0.258 e. The van der Waals surface area contributed by atoms with Crippen LogP contribution >= 0.6 is 0 Å². The molecule has 122 valence electrons. The molecule has 0 spiro atoms. The molecule has 0 bridgehead atoms. The normalized spacial score (nSPS) is 10.4. The molecule has 0 unspecified atom stereocenters. The van der Waals surface area contributed by atoms with E-state index in [-0.39, 0.29) is 5.91 Å². The average Bonchev–Trinajstić information content (AvgIpc) is 3.00. The van der Waals surface area contributed by atoms with Gasteiger partial charge in [0.15, 0.2) is 5.82 Å². The Morgan fingerprint density at radius 3 is 2.71 bits per heavy atom. The van der Waals surface area contributed by atoms with Crippen LogP contribution in [0.5, 0.6) is 0 Å². The van der Waals surface area contributed by atoms with E-state index in [9.17, 15) is 4.79 Å². The van der Waals surface area contributed by atoms with Crippen LogP contribution in [0.4, 0.5) is 11.5 Å². The molecule has 1 N–H and O–H groups in total. The standard InChI is InChI=1S/C18H18N4O2/c1-13-8-17(21-24-13)20-18(23)15-9-16(11-19-10-15)22(2)12-14-6-4-3-5-7-14/h3-11H,12H2,1-2H3,(H,20,21,23). The summed E-state index contributed by atoms with van der Waals surface area (Å²) in [5.41, 5.74) is 2.52. The number of pyridine rings is 1. The van der Waals surface area contributed by atoms with Crippen LogP contribution in [0.1, 0.15) is 21.7 Å². The molecule has 0 atom stereocenters. The highest BCUT2D eigenvalue weighted by molar-refractivity contribution is 6.04. The lowest BCUT2D eigenvalue weighted by molar-refractivity contribution is 0.102. The number of hydrogen-bond acceptors (Lipinski definition) is 5. The summed E-state index contributed by atoms with van der Waals surface area (Å²) in [4.78, 5) is 18.5. The van der Waals surface area contributed by atoms with Gasteiger partial charge in [-0.3, -0.25) is 9.78 Å². The van der Waals surface area contributed by atoms with Crippen molar-refractivity contribution >= 4 is 17.4 Å². The first kappa shape index (κ1) is 15.7. The van der Waals surface area contributed by atoms with Gasteiger partial charge in [-0.25, -0.2) is 0 Å². The summed E-state index contributed by atoms with van der Waals surface area (Å²) in [5.74, 6) is 0.756. The number of carbonyl (C=O) groups is 1.